The van der Waals surface area contributed by atoms with E-state index in [9.17, 15) is 13.6 Å². The van der Waals surface area contributed by atoms with Crippen LogP contribution in [0.3, 0.4) is 0 Å². The van der Waals surface area contributed by atoms with Crippen LogP contribution < -0.4 is 15.4 Å². The number of piperazine rings is 1. The number of anilines is 2. The van der Waals surface area contributed by atoms with Gasteiger partial charge in [-0.25, -0.2) is 23.7 Å². The second kappa shape index (κ2) is 7.26. The van der Waals surface area contributed by atoms with Crippen LogP contribution in [0.4, 0.5) is 20.3 Å². The lowest BCUT2D eigenvalue weighted by Crippen LogP contribution is -2.46. The molecule has 0 N–H and O–H groups in total. The van der Waals surface area contributed by atoms with Crippen molar-refractivity contribution in [2.75, 3.05) is 36.0 Å². The Morgan fingerprint density at radius 2 is 1.81 bits per heavy atom. The van der Waals surface area contributed by atoms with Crippen molar-refractivity contribution >= 4 is 22.4 Å². The highest BCUT2D eigenvalue weighted by Crippen LogP contribution is 2.22. The SMILES string of the molecule is O=c1c2ccc(N3CCN(c4ccncn4)CC3)cc2ncn1CC(F)F. The smallest absolute Gasteiger partial charge is 0.261 e. The molecule has 140 valence electrons. The largest absolute Gasteiger partial charge is 0.368 e. The van der Waals surface area contributed by atoms with Gasteiger partial charge in [-0.15, -0.1) is 0 Å². The molecule has 0 amide bonds. The Morgan fingerprint density at radius 3 is 2.52 bits per heavy atom. The van der Waals surface area contributed by atoms with Crippen LogP contribution in [-0.4, -0.2) is 52.1 Å². The first-order chi connectivity index (χ1) is 13.1. The van der Waals surface area contributed by atoms with E-state index in [1.165, 1.54) is 12.7 Å². The van der Waals surface area contributed by atoms with Gasteiger partial charge in [-0.05, 0) is 24.3 Å². The summed E-state index contributed by atoms with van der Waals surface area (Å²) in [5.41, 5.74) is 1.03. The maximum Gasteiger partial charge on any atom is 0.261 e. The molecule has 4 rings (SSSR count). The highest BCUT2D eigenvalue weighted by Gasteiger charge is 2.19. The summed E-state index contributed by atoms with van der Waals surface area (Å²) < 4.78 is 26.1. The quantitative estimate of drug-likeness (QED) is 0.696. The highest BCUT2D eigenvalue weighted by molar-refractivity contribution is 5.81. The van der Waals surface area contributed by atoms with Crippen molar-refractivity contribution in [3.8, 4) is 0 Å². The zero-order valence-corrected chi connectivity index (χ0v) is 14.5. The lowest BCUT2D eigenvalue weighted by atomic mass is 10.2. The van der Waals surface area contributed by atoms with Gasteiger partial charge in [0.1, 0.15) is 12.1 Å². The Balaban J connectivity index is 1.52. The number of rotatable bonds is 4. The van der Waals surface area contributed by atoms with E-state index in [2.05, 4.69) is 24.8 Å². The summed E-state index contributed by atoms with van der Waals surface area (Å²) in [5, 5.41) is 0.349. The number of alkyl halides is 2. The van der Waals surface area contributed by atoms with Gasteiger partial charge in [0.15, 0.2) is 0 Å². The van der Waals surface area contributed by atoms with E-state index in [0.717, 1.165) is 42.3 Å². The molecular formula is C18H18F2N6O. The summed E-state index contributed by atoms with van der Waals surface area (Å²) in [5.74, 6) is 0.907. The van der Waals surface area contributed by atoms with Crippen molar-refractivity contribution in [1.29, 1.82) is 0 Å². The molecule has 1 aromatic carbocycles. The van der Waals surface area contributed by atoms with Crippen LogP contribution in [0, 0.1) is 0 Å². The average molecular weight is 372 g/mol. The lowest BCUT2D eigenvalue weighted by Gasteiger charge is -2.36. The predicted molar refractivity (Wildman–Crippen MR) is 98.5 cm³/mol. The van der Waals surface area contributed by atoms with Gasteiger partial charge in [0.2, 0.25) is 0 Å². The van der Waals surface area contributed by atoms with E-state index >= 15 is 0 Å². The van der Waals surface area contributed by atoms with Crippen LogP contribution in [-0.2, 0) is 6.54 Å². The summed E-state index contributed by atoms with van der Waals surface area (Å²) in [6.45, 7) is 2.60. The molecule has 1 aliphatic rings. The predicted octanol–water partition coefficient (Wildman–Crippen LogP) is 1.78. The van der Waals surface area contributed by atoms with E-state index in [1.807, 2.05) is 18.2 Å². The van der Waals surface area contributed by atoms with Gasteiger partial charge in [-0.1, -0.05) is 0 Å². The zero-order chi connectivity index (χ0) is 18.8. The molecular weight excluding hydrogens is 354 g/mol. The number of fused-ring (bicyclic) bond motifs is 1. The van der Waals surface area contributed by atoms with Crippen LogP contribution >= 0.6 is 0 Å². The second-order valence-corrected chi connectivity index (χ2v) is 6.34. The fourth-order valence-electron chi connectivity index (χ4n) is 3.29. The van der Waals surface area contributed by atoms with Crippen LogP contribution in [0.15, 0.2) is 47.9 Å². The summed E-state index contributed by atoms with van der Waals surface area (Å²) >= 11 is 0. The maximum atomic E-state index is 12.6. The van der Waals surface area contributed by atoms with Gasteiger partial charge in [0.05, 0.1) is 23.8 Å². The maximum absolute atomic E-state index is 12.6. The first kappa shape index (κ1) is 17.3. The normalized spacial score (nSPS) is 14.9. The summed E-state index contributed by atoms with van der Waals surface area (Å²) in [7, 11) is 0. The van der Waals surface area contributed by atoms with Crippen molar-refractivity contribution < 1.29 is 8.78 Å². The number of hydrogen-bond donors (Lipinski definition) is 0. The number of hydrogen-bond acceptors (Lipinski definition) is 6. The molecule has 2 aromatic heterocycles. The van der Waals surface area contributed by atoms with Crippen molar-refractivity contribution in [3.05, 3.63) is 53.5 Å². The third-order valence-corrected chi connectivity index (χ3v) is 4.68. The fourth-order valence-corrected chi connectivity index (χ4v) is 3.29. The molecule has 0 saturated carbocycles. The summed E-state index contributed by atoms with van der Waals surface area (Å²) in [6.07, 6.45) is 1.86. The van der Waals surface area contributed by atoms with Crippen molar-refractivity contribution in [1.82, 2.24) is 19.5 Å². The van der Waals surface area contributed by atoms with Crippen LogP contribution in [0.2, 0.25) is 0 Å². The molecule has 0 bridgehead atoms. The molecule has 3 aromatic rings. The van der Waals surface area contributed by atoms with Gasteiger partial charge in [-0.2, -0.15) is 0 Å². The van der Waals surface area contributed by atoms with E-state index < -0.39 is 18.5 Å². The standard InChI is InChI=1S/C18H18F2N6O/c19-16(20)10-26-12-23-15-9-13(1-2-14(15)18(26)27)24-5-7-25(8-6-24)17-3-4-21-11-22-17/h1-4,9,11-12,16H,5-8,10H2. The zero-order valence-electron chi connectivity index (χ0n) is 14.5. The number of halogens is 2. The van der Waals surface area contributed by atoms with E-state index in [0.29, 0.717) is 10.9 Å². The molecule has 27 heavy (non-hydrogen) atoms. The number of aromatic nitrogens is 4. The Labute approximate surface area is 153 Å². The van der Waals surface area contributed by atoms with Crippen LogP contribution in [0.25, 0.3) is 10.9 Å². The Morgan fingerprint density at radius 1 is 1.04 bits per heavy atom. The van der Waals surface area contributed by atoms with Gasteiger partial charge < -0.3 is 9.80 Å². The summed E-state index contributed by atoms with van der Waals surface area (Å²) in [6, 6.07) is 7.24. The van der Waals surface area contributed by atoms with Gasteiger partial charge >= 0.3 is 0 Å². The third-order valence-electron chi connectivity index (χ3n) is 4.68. The molecule has 0 radical (unpaired) electrons. The Hall–Kier alpha value is -3.10. The molecule has 7 nitrogen and oxygen atoms in total. The molecule has 0 spiro atoms. The van der Waals surface area contributed by atoms with Crippen molar-refractivity contribution in [2.24, 2.45) is 0 Å². The molecule has 0 atom stereocenters. The lowest BCUT2D eigenvalue weighted by molar-refractivity contribution is 0.125. The number of benzene rings is 1. The molecule has 1 fully saturated rings. The average Bonchev–Trinajstić information content (AvgIpc) is 2.70. The summed E-state index contributed by atoms with van der Waals surface area (Å²) in [4.78, 5) is 29.1. The fraction of sp³-hybridized carbons (Fsp3) is 0.333. The minimum Gasteiger partial charge on any atom is -0.368 e. The monoisotopic (exact) mass is 372 g/mol. The van der Waals surface area contributed by atoms with Crippen LogP contribution in [0.5, 0.6) is 0 Å². The van der Waals surface area contributed by atoms with Crippen molar-refractivity contribution in [3.63, 3.8) is 0 Å². The molecule has 1 aliphatic heterocycles. The van der Waals surface area contributed by atoms with Crippen molar-refractivity contribution in [2.45, 2.75) is 13.0 Å². The molecule has 1 saturated heterocycles. The first-order valence-corrected chi connectivity index (χ1v) is 8.65. The van der Waals surface area contributed by atoms with Crippen LogP contribution in [0.1, 0.15) is 0 Å². The van der Waals surface area contributed by atoms with E-state index in [-0.39, 0.29) is 0 Å². The Kier molecular flexibility index (Phi) is 4.66. The van der Waals surface area contributed by atoms with Gasteiger partial charge in [0.25, 0.3) is 12.0 Å². The first-order valence-electron chi connectivity index (χ1n) is 8.65. The minimum atomic E-state index is -2.59. The highest BCUT2D eigenvalue weighted by atomic mass is 19.3. The molecule has 0 aliphatic carbocycles. The minimum absolute atomic E-state index is 0.349. The molecule has 3 heterocycles. The Bertz CT molecular complexity index is 986. The number of nitrogens with zero attached hydrogens (tertiary/aromatic N) is 6. The third kappa shape index (κ3) is 3.57. The van der Waals surface area contributed by atoms with E-state index in [4.69, 9.17) is 0 Å². The van der Waals surface area contributed by atoms with Gasteiger partial charge in [0, 0.05) is 38.1 Å². The van der Waals surface area contributed by atoms with Gasteiger partial charge in [-0.3, -0.25) is 9.36 Å². The molecule has 9 heteroatoms. The van der Waals surface area contributed by atoms with E-state index in [1.54, 1.807) is 12.3 Å². The second-order valence-electron chi connectivity index (χ2n) is 6.34. The molecule has 0 unspecified atom stereocenters. The topological polar surface area (TPSA) is 67.2 Å².